The summed E-state index contributed by atoms with van der Waals surface area (Å²) in [4.78, 5) is 24.1. The normalized spacial score (nSPS) is 16.3. The number of carboxylic acids is 1. The maximum atomic E-state index is 11.9. The summed E-state index contributed by atoms with van der Waals surface area (Å²) in [6, 6.07) is 11.0. The monoisotopic (exact) mass is 465 g/mol. The lowest BCUT2D eigenvalue weighted by molar-refractivity contribution is -0.131. The summed E-state index contributed by atoms with van der Waals surface area (Å²) in [5.41, 5.74) is 1.73. The van der Waals surface area contributed by atoms with E-state index in [-0.39, 0.29) is 5.91 Å². The first-order valence-electron chi connectivity index (χ1n) is 11.3. The Morgan fingerprint density at radius 3 is 1.68 bits per heavy atom. The van der Waals surface area contributed by atoms with Gasteiger partial charge in [0.2, 0.25) is 5.91 Å². The Morgan fingerprint density at radius 1 is 0.706 bits per heavy atom. The number of aliphatic carboxylic acids is 1. The highest BCUT2D eigenvalue weighted by Crippen LogP contribution is 2.32. The SMILES string of the molecule is O=C(/C=C/c1ccc2c(c1)OCCO2)N1CCCC1.O=C(O)/C=C/c1ccc2c(c1)OCCO2. The Hall–Kier alpha value is -3.94. The zero-order valence-electron chi connectivity index (χ0n) is 18.8. The van der Waals surface area contributed by atoms with Gasteiger partial charge in [0.25, 0.3) is 0 Å². The number of carbonyl (C=O) groups excluding carboxylic acids is 1. The number of nitrogens with zero attached hydrogens (tertiary/aromatic N) is 1. The van der Waals surface area contributed by atoms with Crippen LogP contribution in [0.1, 0.15) is 24.0 Å². The van der Waals surface area contributed by atoms with Gasteiger partial charge < -0.3 is 29.0 Å². The Bertz CT molecular complexity index is 1090. The topological polar surface area (TPSA) is 94.5 Å². The van der Waals surface area contributed by atoms with E-state index in [4.69, 9.17) is 24.1 Å². The third-order valence-electron chi connectivity index (χ3n) is 5.39. The molecular formula is C26H27NO7. The number of rotatable bonds is 4. The lowest BCUT2D eigenvalue weighted by atomic mass is 10.2. The van der Waals surface area contributed by atoms with Crippen LogP contribution in [0.5, 0.6) is 23.0 Å². The average molecular weight is 466 g/mol. The van der Waals surface area contributed by atoms with Crippen LogP contribution in [0, 0.1) is 0 Å². The number of benzene rings is 2. The van der Waals surface area contributed by atoms with Crippen LogP contribution in [-0.4, -0.2) is 61.4 Å². The second kappa shape index (κ2) is 11.3. The van der Waals surface area contributed by atoms with E-state index < -0.39 is 5.97 Å². The summed E-state index contributed by atoms with van der Waals surface area (Å²) in [5.74, 6) is 2.01. The molecule has 1 saturated heterocycles. The van der Waals surface area contributed by atoms with Crippen LogP contribution in [-0.2, 0) is 9.59 Å². The summed E-state index contributed by atoms with van der Waals surface area (Å²) >= 11 is 0. The first kappa shape index (κ1) is 23.2. The van der Waals surface area contributed by atoms with Gasteiger partial charge in [-0.15, -0.1) is 0 Å². The zero-order chi connectivity index (χ0) is 23.8. The van der Waals surface area contributed by atoms with Gasteiger partial charge in [0.1, 0.15) is 26.4 Å². The fraction of sp³-hybridized carbons (Fsp3) is 0.308. The summed E-state index contributed by atoms with van der Waals surface area (Å²) in [6.07, 6.45) is 8.30. The highest BCUT2D eigenvalue weighted by Gasteiger charge is 2.15. The molecule has 0 bridgehead atoms. The van der Waals surface area contributed by atoms with E-state index in [0.717, 1.165) is 54.6 Å². The van der Waals surface area contributed by atoms with Gasteiger partial charge in [0.05, 0.1) is 0 Å². The van der Waals surface area contributed by atoms with Gasteiger partial charge in [-0.3, -0.25) is 4.79 Å². The molecule has 0 atom stereocenters. The van der Waals surface area contributed by atoms with Gasteiger partial charge in [0, 0.05) is 25.2 Å². The molecule has 0 aliphatic carbocycles. The molecule has 3 aliphatic heterocycles. The van der Waals surface area contributed by atoms with Crippen molar-refractivity contribution in [3.8, 4) is 23.0 Å². The molecule has 5 rings (SSSR count). The molecule has 0 spiro atoms. The standard InChI is InChI=1S/C15H17NO3.C11H10O4/c17-15(16-7-1-2-8-16)6-4-12-3-5-13-14(11-12)19-10-9-18-13;12-11(13)4-2-8-1-3-9-10(7-8)15-6-5-14-9/h3-6,11H,1-2,7-10H2;1-4,7H,5-6H2,(H,12,13)/b6-4+;4-2+. The van der Waals surface area contributed by atoms with Gasteiger partial charge in [-0.2, -0.15) is 0 Å². The molecule has 0 unspecified atom stereocenters. The summed E-state index contributed by atoms with van der Waals surface area (Å²) in [6.45, 7) is 4.01. The number of fused-ring (bicyclic) bond motifs is 2. The molecule has 34 heavy (non-hydrogen) atoms. The average Bonchev–Trinajstić information content (AvgIpc) is 3.41. The Kier molecular flexibility index (Phi) is 7.70. The van der Waals surface area contributed by atoms with Crippen molar-refractivity contribution in [2.75, 3.05) is 39.5 Å². The first-order chi connectivity index (χ1) is 16.6. The molecule has 178 valence electrons. The minimum absolute atomic E-state index is 0.0902. The van der Waals surface area contributed by atoms with Crippen molar-refractivity contribution < 1.29 is 33.6 Å². The van der Waals surface area contributed by atoms with Crippen molar-refractivity contribution in [3.63, 3.8) is 0 Å². The number of hydrogen-bond acceptors (Lipinski definition) is 6. The van der Waals surface area contributed by atoms with E-state index in [1.54, 1.807) is 24.3 Å². The maximum absolute atomic E-state index is 11.9. The predicted molar refractivity (Wildman–Crippen MR) is 126 cm³/mol. The molecule has 3 aliphatic rings. The lowest BCUT2D eigenvalue weighted by Crippen LogP contribution is -2.25. The summed E-state index contributed by atoms with van der Waals surface area (Å²) in [7, 11) is 0. The fourth-order valence-corrected chi connectivity index (χ4v) is 3.71. The second-order valence-corrected chi connectivity index (χ2v) is 7.84. The molecule has 2 aromatic rings. The molecule has 3 heterocycles. The molecule has 1 N–H and O–H groups in total. The van der Waals surface area contributed by atoms with Crippen LogP contribution in [0.4, 0.5) is 0 Å². The van der Waals surface area contributed by atoms with Gasteiger partial charge in [-0.25, -0.2) is 4.79 Å². The molecule has 8 nitrogen and oxygen atoms in total. The van der Waals surface area contributed by atoms with E-state index >= 15 is 0 Å². The fourth-order valence-electron chi connectivity index (χ4n) is 3.71. The molecule has 2 aromatic carbocycles. The molecule has 0 aromatic heterocycles. The second-order valence-electron chi connectivity index (χ2n) is 7.84. The van der Waals surface area contributed by atoms with Crippen LogP contribution in [0.25, 0.3) is 12.2 Å². The number of hydrogen-bond donors (Lipinski definition) is 1. The van der Waals surface area contributed by atoms with E-state index in [9.17, 15) is 9.59 Å². The molecular weight excluding hydrogens is 438 g/mol. The van der Waals surface area contributed by atoms with Gasteiger partial charge >= 0.3 is 5.97 Å². The maximum Gasteiger partial charge on any atom is 0.328 e. The van der Waals surface area contributed by atoms with Gasteiger partial charge in [0.15, 0.2) is 23.0 Å². The highest BCUT2D eigenvalue weighted by molar-refractivity contribution is 5.92. The van der Waals surface area contributed by atoms with E-state index in [1.165, 1.54) is 6.08 Å². The first-order valence-corrected chi connectivity index (χ1v) is 11.3. The van der Waals surface area contributed by atoms with Crippen molar-refractivity contribution in [2.45, 2.75) is 12.8 Å². The Morgan fingerprint density at radius 2 is 1.18 bits per heavy atom. The minimum atomic E-state index is -0.968. The third-order valence-corrected chi connectivity index (χ3v) is 5.39. The number of carboxylic acid groups (broad SMARTS) is 1. The Balaban J connectivity index is 0.000000166. The van der Waals surface area contributed by atoms with Crippen molar-refractivity contribution in [3.05, 3.63) is 59.7 Å². The van der Waals surface area contributed by atoms with Crippen LogP contribution in [0.3, 0.4) is 0 Å². The summed E-state index contributed by atoms with van der Waals surface area (Å²) in [5, 5.41) is 8.47. The molecule has 8 heteroatoms. The zero-order valence-corrected chi connectivity index (χ0v) is 18.8. The van der Waals surface area contributed by atoms with Crippen molar-refractivity contribution in [2.24, 2.45) is 0 Å². The minimum Gasteiger partial charge on any atom is -0.486 e. The smallest absolute Gasteiger partial charge is 0.328 e. The largest absolute Gasteiger partial charge is 0.486 e. The number of amides is 1. The summed E-state index contributed by atoms with van der Waals surface area (Å²) < 4.78 is 21.7. The van der Waals surface area contributed by atoms with Crippen LogP contribution >= 0.6 is 0 Å². The third kappa shape index (κ3) is 6.31. The molecule has 0 radical (unpaired) electrons. The van der Waals surface area contributed by atoms with E-state index in [0.29, 0.717) is 37.9 Å². The van der Waals surface area contributed by atoms with Crippen molar-refractivity contribution >= 4 is 24.0 Å². The quantitative estimate of drug-likeness (QED) is 0.689. The highest BCUT2D eigenvalue weighted by atomic mass is 16.6. The van der Waals surface area contributed by atoms with E-state index in [1.807, 2.05) is 29.2 Å². The van der Waals surface area contributed by atoms with Gasteiger partial charge in [-0.1, -0.05) is 12.1 Å². The number of ether oxygens (including phenoxy) is 4. The molecule has 1 fully saturated rings. The number of carbonyl (C=O) groups is 2. The lowest BCUT2D eigenvalue weighted by Gasteiger charge is -2.18. The molecule has 1 amide bonds. The van der Waals surface area contributed by atoms with Crippen molar-refractivity contribution in [1.29, 1.82) is 0 Å². The van der Waals surface area contributed by atoms with Crippen LogP contribution in [0.15, 0.2) is 48.6 Å². The Labute approximate surface area is 198 Å². The van der Waals surface area contributed by atoms with Crippen LogP contribution in [0.2, 0.25) is 0 Å². The van der Waals surface area contributed by atoms with Crippen LogP contribution < -0.4 is 18.9 Å². The predicted octanol–water partition coefficient (Wildman–Crippen LogP) is 3.65. The molecule has 0 saturated carbocycles. The van der Waals surface area contributed by atoms with Gasteiger partial charge in [-0.05, 0) is 60.4 Å². The number of likely N-dealkylation sites (tertiary alicyclic amines) is 1. The van der Waals surface area contributed by atoms with Crippen molar-refractivity contribution in [1.82, 2.24) is 4.90 Å². The van der Waals surface area contributed by atoms with E-state index in [2.05, 4.69) is 0 Å².